The second-order valence-electron chi connectivity index (χ2n) is 6.17. The average molecular weight is 262 g/mol. The maximum Gasteiger partial charge on any atom is 0.0894 e. The monoisotopic (exact) mass is 262 g/mol. The normalized spacial score (nSPS) is 23.5. The number of hydrogen-bond acceptors (Lipinski definition) is 0. The number of halogens is 1. The summed E-state index contributed by atoms with van der Waals surface area (Å²) in [7, 11) is 0. The number of rotatable bonds is 6. The fourth-order valence-corrected chi connectivity index (χ4v) is 3.33. The van der Waals surface area contributed by atoms with Crippen LogP contribution in [0.3, 0.4) is 0 Å². The molecule has 2 rings (SSSR count). The maximum atomic E-state index is 12.0. The lowest BCUT2D eigenvalue weighted by molar-refractivity contribution is 0.300. The van der Waals surface area contributed by atoms with Gasteiger partial charge in [-0.15, -0.1) is 0 Å². The van der Waals surface area contributed by atoms with E-state index in [-0.39, 0.29) is 6.67 Å². The summed E-state index contributed by atoms with van der Waals surface area (Å²) < 4.78 is 12.0. The summed E-state index contributed by atoms with van der Waals surface area (Å²) >= 11 is 0. The Morgan fingerprint density at radius 1 is 0.947 bits per heavy atom. The van der Waals surface area contributed by atoms with Crippen LogP contribution in [0.2, 0.25) is 0 Å². The molecule has 19 heavy (non-hydrogen) atoms. The summed E-state index contributed by atoms with van der Waals surface area (Å²) in [6.07, 6.45) is 9.81. The van der Waals surface area contributed by atoms with Gasteiger partial charge in [0.1, 0.15) is 0 Å². The molecule has 1 aromatic rings. The van der Waals surface area contributed by atoms with Gasteiger partial charge >= 0.3 is 0 Å². The van der Waals surface area contributed by atoms with Gasteiger partial charge in [-0.25, -0.2) is 0 Å². The fourth-order valence-electron chi connectivity index (χ4n) is 3.33. The van der Waals surface area contributed by atoms with E-state index >= 15 is 0 Å². The molecule has 0 radical (unpaired) electrons. The summed E-state index contributed by atoms with van der Waals surface area (Å²) in [6.45, 7) is 2.01. The van der Waals surface area contributed by atoms with Crippen molar-refractivity contribution in [2.75, 3.05) is 6.67 Å². The highest BCUT2D eigenvalue weighted by Crippen LogP contribution is 2.37. The van der Waals surface area contributed by atoms with Crippen LogP contribution in [-0.4, -0.2) is 6.67 Å². The highest BCUT2D eigenvalue weighted by atomic mass is 19.1. The molecule has 0 spiro atoms. The smallest absolute Gasteiger partial charge is 0.0894 e. The highest BCUT2D eigenvalue weighted by molar-refractivity contribution is 5.24. The molecule has 0 unspecified atom stereocenters. The number of hydrogen-bond donors (Lipinski definition) is 0. The molecule has 106 valence electrons. The van der Waals surface area contributed by atoms with Gasteiger partial charge in [-0.2, -0.15) is 0 Å². The quantitative estimate of drug-likeness (QED) is 0.568. The molecule has 0 saturated heterocycles. The lowest BCUT2D eigenvalue weighted by atomic mass is 9.77. The van der Waals surface area contributed by atoms with Crippen LogP contribution in [0, 0.1) is 12.8 Å². The summed E-state index contributed by atoms with van der Waals surface area (Å²) in [5.41, 5.74) is 2.88. The van der Waals surface area contributed by atoms with Crippen molar-refractivity contribution in [3.63, 3.8) is 0 Å². The van der Waals surface area contributed by atoms with Crippen molar-refractivity contribution in [3.8, 4) is 0 Å². The van der Waals surface area contributed by atoms with E-state index in [4.69, 9.17) is 0 Å². The van der Waals surface area contributed by atoms with E-state index in [0.717, 1.165) is 24.7 Å². The van der Waals surface area contributed by atoms with E-state index in [1.807, 2.05) is 0 Å². The van der Waals surface area contributed by atoms with Gasteiger partial charge in [0, 0.05) is 0 Å². The van der Waals surface area contributed by atoms with E-state index < -0.39 is 0 Å². The van der Waals surface area contributed by atoms with Crippen LogP contribution >= 0.6 is 0 Å². The van der Waals surface area contributed by atoms with Crippen molar-refractivity contribution in [1.82, 2.24) is 0 Å². The average Bonchev–Trinajstić information content (AvgIpc) is 2.45. The molecular formula is C18H27F. The van der Waals surface area contributed by atoms with Gasteiger partial charge in [-0.3, -0.25) is 4.39 Å². The molecule has 0 aliphatic heterocycles. The van der Waals surface area contributed by atoms with Crippen LogP contribution in [0.1, 0.15) is 68.4 Å². The minimum atomic E-state index is -0.139. The van der Waals surface area contributed by atoms with Crippen molar-refractivity contribution in [2.24, 2.45) is 5.92 Å². The zero-order valence-corrected chi connectivity index (χ0v) is 12.2. The lowest BCUT2D eigenvalue weighted by Gasteiger charge is -2.29. The Labute approximate surface area is 117 Å². The van der Waals surface area contributed by atoms with Gasteiger partial charge in [0.25, 0.3) is 0 Å². The topological polar surface area (TPSA) is 0 Å². The molecule has 0 amide bonds. The van der Waals surface area contributed by atoms with Gasteiger partial charge in [0.05, 0.1) is 6.67 Å². The molecule has 0 nitrogen and oxygen atoms in total. The predicted molar refractivity (Wildman–Crippen MR) is 80.3 cm³/mol. The highest BCUT2D eigenvalue weighted by Gasteiger charge is 2.21. The number of unbranched alkanes of at least 4 members (excludes halogenated alkanes) is 2. The van der Waals surface area contributed by atoms with Crippen molar-refractivity contribution in [2.45, 2.75) is 64.2 Å². The van der Waals surface area contributed by atoms with Crippen LogP contribution in [-0.2, 0) is 0 Å². The third-order valence-corrected chi connectivity index (χ3v) is 4.64. The van der Waals surface area contributed by atoms with Gasteiger partial charge in [-0.1, -0.05) is 49.1 Å². The first kappa shape index (κ1) is 14.6. The van der Waals surface area contributed by atoms with E-state index in [0.29, 0.717) is 0 Å². The van der Waals surface area contributed by atoms with Gasteiger partial charge in [0.15, 0.2) is 0 Å². The molecule has 1 heteroatoms. The zero-order chi connectivity index (χ0) is 13.5. The summed E-state index contributed by atoms with van der Waals surface area (Å²) in [5, 5.41) is 0. The molecule has 1 saturated carbocycles. The van der Waals surface area contributed by atoms with Crippen molar-refractivity contribution < 1.29 is 4.39 Å². The van der Waals surface area contributed by atoms with Gasteiger partial charge in [0.2, 0.25) is 0 Å². The molecule has 1 aliphatic rings. The number of alkyl halides is 1. The van der Waals surface area contributed by atoms with Gasteiger partial charge < -0.3 is 0 Å². The van der Waals surface area contributed by atoms with Crippen LogP contribution < -0.4 is 0 Å². The van der Waals surface area contributed by atoms with Crippen LogP contribution in [0.4, 0.5) is 4.39 Å². The summed E-state index contributed by atoms with van der Waals surface area (Å²) in [4.78, 5) is 0. The third-order valence-electron chi connectivity index (χ3n) is 4.64. The third kappa shape index (κ3) is 4.63. The SMILES string of the molecule is Cc1ccc(C2CCC(CCCCCF)CC2)cc1. The predicted octanol–water partition coefficient (Wildman–Crippen LogP) is 5.80. The summed E-state index contributed by atoms with van der Waals surface area (Å²) in [6, 6.07) is 9.08. The van der Waals surface area contributed by atoms with Crippen LogP contribution in [0.5, 0.6) is 0 Å². The first-order valence-corrected chi connectivity index (χ1v) is 7.92. The van der Waals surface area contributed by atoms with E-state index in [1.54, 1.807) is 0 Å². The first-order valence-electron chi connectivity index (χ1n) is 7.92. The Balaban J connectivity index is 1.71. The fraction of sp³-hybridized carbons (Fsp3) is 0.667. The molecule has 0 aromatic heterocycles. The minimum absolute atomic E-state index is 0.139. The molecule has 0 bridgehead atoms. The number of benzene rings is 1. The Kier molecular flexibility index (Phi) is 5.88. The molecular weight excluding hydrogens is 235 g/mol. The van der Waals surface area contributed by atoms with Crippen molar-refractivity contribution in [3.05, 3.63) is 35.4 Å². The second-order valence-corrected chi connectivity index (χ2v) is 6.17. The Hall–Kier alpha value is -0.850. The van der Waals surface area contributed by atoms with Crippen molar-refractivity contribution >= 4 is 0 Å². The molecule has 1 aliphatic carbocycles. The molecule has 0 atom stereocenters. The summed E-state index contributed by atoms with van der Waals surface area (Å²) in [5.74, 6) is 1.68. The van der Waals surface area contributed by atoms with Crippen LogP contribution in [0.15, 0.2) is 24.3 Å². The first-order chi connectivity index (χ1) is 9.29. The minimum Gasteiger partial charge on any atom is -0.251 e. The van der Waals surface area contributed by atoms with Crippen molar-refractivity contribution in [1.29, 1.82) is 0 Å². The van der Waals surface area contributed by atoms with E-state index in [9.17, 15) is 4.39 Å². The standard InChI is InChI=1S/C18H27F/c1-15-6-10-17(11-7-15)18-12-8-16(9-13-18)5-3-2-4-14-19/h6-7,10-11,16,18H,2-5,8-9,12-14H2,1H3. The zero-order valence-electron chi connectivity index (χ0n) is 12.2. The second kappa shape index (κ2) is 7.67. The molecule has 0 heterocycles. The molecule has 0 N–H and O–H groups in total. The Morgan fingerprint density at radius 3 is 2.26 bits per heavy atom. The molecule has 1 aromatic carbocycles. The largest absolute Gasteiger partial charge is 0.251 e. The van der Waals surface area contributed by atoms with Gasteiger partial charge in [-0.05, 0) is 56.4 Å². The maximum absolute atomic E-state index is 12.0. The van der Waals surface area contributed by atoms with Crippen LogP contribution in [0.25, 0.3) is 0 Å². The van der Waals surface area contributed by atoms with E-state index in [2.05, 4.69) is 31.2 Å². The Bertz CT molecular complexity index is 346. The number of aryl methyl sites for hydroxylation is 1. The molecule has 1 fully saturated rings. The lowest BCUT2D eigenvalue weighted by Crippen LogP contribution is -2.13. The van der Waals surface area contributed by atoms with E-state index in [1.165, 1.54) is 49.7 Å². The Morgan fingerprint density at radius 2 is 1.63 bits per heavy atom.